The van der Waals surface area contributed by atoms with Gasteiger partial charge in [0.1, 0.15) is 10.8 Å². The molecule has 1 aromatic heterocycles. The Morgan fingerprint density at radius 2 is 2.10 bits per heavy atom. The van der Waals surface area contributed by atoms with Gasteiger partial charge in [-0.15, -0.1) is 0 Å². The van der Waals surface area contributed by atoms with Gasteiger partial charge < -0.3 is 14.7 Å². The number of hydrogen-bond acceptors (Lipinski definition) is 4. The van der Waals surface area contributed by atoms with Crippen LogP contribution in [0.25, 0.3) is 11.0 Å². The van der Waals surface area contributed by atoms with Gasteiger partial charge in [0.25, 0.3) is 0 Å². The van der Waals surface area contributed by atoms with Gasteiger partial charge in [0.15, 0.2) is 11.6 Å². The molecule has 0 radical (unpaired) electrons. The predicted molar refractivity (Wildman–Crippen MR) is 75.5 cm³/mol. The summed E-state index contributed by atoms with van der Waals surface area (Å²) in [5, 5.41) is 6.87. The van der Waals surface area contributed by atoms with E-state index in [2.05, 4.69) is 15.4 Å². The topological polar surface area (TPSA) is 41.3 Å². The standard InChI is InChI=1S/C14H14ClF2N3O/c15-11-9(16)5-8-13(12(11)17)21-19-14(8)18-10-6-20-3-1-7(10)2-4-20/h5,7,10H,1-4,6H2,(H,18,19)/t10-/m1/s1. The third-order valence-electron chi connectivity index (χ3n) is 4.58. The molecule has 2 bridgehead atoms. The Morgan fingerprint density at radius 3 is 2.76 bits per heavy atom. The van der Waals surface area contributed by atoms with Crippen LogP contribution < -0.4 is 5.32 Å². The van der Waals surface area contributed by atoms with Crippen LogP contribution in [0, 0.1) is 17.6 Å². The van der Waals surface area contributed by atoms with Gasteiger partial charge >= 0.3 is 0 Å². The zero-order chi connectivity index (χ0) is 14.6. The summed E-state index contributed by atoms with van der Waals surface area (Å²) in [6.45, 7) is 3.18. The number of rotatable bonds is 2. The highest BCUT2D eigenvalue weighted by molar-refractivity contribution is 6.31. The first kappa shape index (κ1) is 13.3. The van der Waals surface area contributed by atoms with E-state index in [1.165, 1.54) is 6.07 Å². The van der Waals surface area contributed by atoms with Crippen molar-refractivity contribution in [3.63, 3.8) is 0 Å². The summed E-state index contributed by atoms with van der Waals surface area (Å²) in [4.78, 5) is 2.39. The maximum absolute atomic E-state index is 13.9. The van der Waals surface area contributed by atoms with Crippen molar-refractivity contribution in [1.29, 1.82) is 0 Å². The summed E-state index contributed by atoms with van der Waals surface area (Å²) in [6.07, 6.45) is 2.28. The molecule has 7 heteroatoms. The van der Waals surface area contributed by atoms with Crippen LogP contribution in [-0.2, 0) is 0 Å². The van der Waals surface area contributed by atoms with Crippen LogP contribution in [0.5, 0.6) is 0 Å². The minimum atomic E-state index is -0.902. The molecule has 1 atom stereocenters. The molecule has 2 aromatic rings. The molecule has 0 amide bonds. The first-order valence-corrected chi connectivity index (χ1v) is 7.43. The predicted octanol–water partition coefficient (Wildman–Crippen LogP) is 3.27. The van der Waals surface area contributed by atoms with Crippen molar-refractivity contribution in [1.82, 2.24) is 10.1 Å². The van der Waals surface area contributed by atoms with Crippen LogP contribution in [0.2, 0.25) is 5.02 Å². The average Bonchev–Trinajstić information content (AvgIpc) is 2.89. The third kappa shape index (κ3) is 2.08. The molecule has 3 aliphatic rings. The fourth-order valence-electron chi connectivity index (χ4n) is 3.39. The number of hydrogen-bond donors (Lipinski definition) is 1. The quantitative estimate of drug-likeness (QED) is 0.864. The number of anilines is 1. The number of nitrogens with zero attached hydrogens (tertiary/aromatic N) is 2. The highest BCUT2D eigenvalue weighted by Crippen LogP contribution is 2.34. The van der Waals surface area contributed by atoms with Crippen LogP contribution in [0.4, 0.5) is 14.6 Å². The van der Waals surface area contributed by atoms with Crippen LogP contribution in [0.15, 0.2) is 10.6 Å². The van der Waals surface area contributed by atoms with E-state index in [1.807, 2.05) is 0 Å². The van der Waals surface area contributed by atoms with Crippen LogP contribution in [0.1, 0.15) is 12.8 Å². The third-order valence-corrected chi connectivity index (χ3v) is 4.93. The molecule has 4 nitrogen and oxygen atoms in total. The lowest BCUT2D eigenvalue weighted by Gasteiger charge is -2.44. The molecule has 3 aliphatic heterocycles. The fraction of sp³-hybridized carbons (Fsp3) is 0.500. The Kier molecular flexibility index (Phi) is 3.04. The molecule has 112 valence electrons. The summed E-state index contributed by atoms with van der Waals surface area (Å²) in [5.41, 5.74) is -0.106. The van der Waals surface area contributed by atoms with Crippen LogP contribution in [-0.4, -0.2) is 35.7 Å². The van der Waals surface area contributed by atoms with Gasteiger partial charge in [-0.25, -0.2) is 8.78 Å². The highest BCUT2D eigenvalue weighted by atomic mass is 35.5. The molecule has 5 rings (SSSR count). The number of aromatic nitrogens is 1. The Bertz CT molecular complexity index is 697. The Balaban J connectivity index is 1.68. The van der Waals surface area contributed by atoms with Crippen molar-refractivity contribution in [2.75, 3.05) is 25.0 Å². The number of piperidine rings is 3. The second kappa shape index (κ2) is 4.81. The minimum absolute atomic E-state index is 0.106. The lowest BCUT2D eigenvalue weighted by atomic mass is 9.84. The van der Waals surface area contributed by atoms with Crippen LogP contribution in [0.3, 0.4) is 0 Å². The molecule has 0 spiro atoms. The molecule has 3 saturated heterocycles. The first-order chi connectivity index (χ1) is 10.1. The van der Waals surface area contributed by atoms with E-state index in [4.69, 9.17) is 16.1 Å². The molecule has 0 unspecified atom stereocenters. The molecule has 3 fully saturated rings. The van der Waals surface area contributed by atoms with Gasteiger partial charge in [0, 0.05) is 12.6 Å². The smallest absolute Gasteiger partial charge is 0.206 e. The van der Waals surface area contributed by atoms with E-state index in [9.17, 15) is 8.78 Å². The number of nitrogens with one attached hydrogen (secondary N) is 1. The van der Waals surface area contributed by atoms with Crippen LogP contribution >= 0.6 is 11.6 Å². The molecular weight excluding hydrogens is 300 g/mol. The van der Waals surface area contributed by atoms with Crippen molar-refractivity contribution in [2.45, 2.75) is 18.9 Å². The molecular formula is C14H14ClF2N3O. The Labute approximate surface area is 125 Å². The monoisotopic (exact) mass is 313 g/mol. The summed E-state index contributed by atoms with van der Waals surface area (Å²) in [6, 6.07) is 1.41. The highest BCUT2D eigenvalue weighted by Gasteiger charge is 2.35. The normalized spacial score (nSPS) is 28.2. The number of fused-ring (bicyclic) bond motifs is 4. The molecule has 1 aromatic carbocycles. The SMILES string of the molecule is Fc1cc2c(N[C@@H]3CN4CCC3CC4)noc2c(F)c1Cl. The summed E-state index contributed by atoms with van der Waals surface area (Å²) in [7, 11) is 0. The van der Waals surface area contributed by atoms with Gasteiger partial charge in [-0.3, -0.25) is 0 Å². The van der Waals surface area contributed by atoms with Crippen molar-refractivity contribution < 1.29 is 13.3 Å². The zero-order valence-corrected chi connectivity index (χ0v) is 12.0. The maximum Gasteiger partial charge on any atom is 0.206 e. The van der Waals surface area contributed by atoms with Gasteiger partial charge in [0.05, 0.1) is 5.39 Å². The van der Waals surface area contributed by atoms with Gasteiger partial charge in [-0.2, -0.15) is 0 Å². The molecule has 21 heavy (non-hydrogen) atoms. The Hall–Kier alpha value is -1.40. The lowest BCUT2D eigenvalue weighted by molar-refractivity contribution is 0.0973. The van der Waals surface area contributed by atoms with E-state index in [-0.39, 0.29) is 11.6 Å². The minimum Gasteiger partial charge on any atom is -0.362 e. The lowest BCUT2D eigenvalue weighted by Crippen LogP contribution is -2.53. The molecule has 1 N–H and O–H groups in total. The zero-order valence-electron chi connectivity index (χ0n) is 11.2. The van der Waals surface area contributed by atoms with E-state index in [0.29, 0.717) is 17.1 Å². The average molecular weight is 314 g/mol. The second-order valence-corrected chi connectivity index (χ2v) is 6.16. The van der Waals surface area contributed by atoms with E-state index < -0.39 is 16.7 Å². The summed E-state index contributed by atoms with van der Waals surface area (Å²) < 4.78 is 32.5. The van der Waals surface area contributed by atoms with E-state index in [0.717, 1.165) is 32.5 Å². The second-order valence-electron chi connectivity index (χ2n) is 5.78. The summed E-state index contributed by atoms with van der Waals surface area (Å²) in [5.74, 6) is -0.745. The fourth-order valence-corrected chi connectivity index (χ4v) is 3.53. The molecule has 0 aliphatic carbocycles. The molecule has 0 saturated carbocycles. The Morgan fingerprint density at radius 1 is 1.33 bits per heavy atom. The maximum atomic E-state index is 13.9. The van der Waals surface area contributed by atoms with Gasteiger partial charge in [-0.05, 0) is 37.9 Å². The van der Waals surface area contributed by atoms with Crippen molar-refractivity contribution >= 4 is 28.4 Å². The van der Waals surface area contributed by atoms with Crippen molar-refractivity contribution in [2.24, 2.45) is 5.92 Å². The number of benzene rings is 1. The number of halogens is 3. The summed E-state index contributed by atoms with van der Waals surface area (Å²) >= 11 is 5.54. The van der Waals surface area contributed by atoms with E-state index >= 15 is 0 Å². The first-order valence-electron chi connectivity index (χ1n) is 7.05. The van der Waals surface area contributed by atoms with Gasteiger partial charge in [0.2, 0.25) is 5.58 Å². The van der Waals surface area contributed by atoms with E-state index in [1.54, 1.807) is 0 Å². The van der Waals surface area contributed by atoms with Gasteiger partial charge in [-0.1, -0.05) is 16.8 Å². The van der Waals surface area contributed by atoms with Crippen molar-refractivity contribution in [3.8, 4) is 0 Å². The van der Waals surface area contributed by atoms with Crippen molar-refractivity contribution in [3.05, 3.63) is 22.7 Å². The molecule has 4 heterocycles. The largest absolute Gasteiger partial charge is 0.362 e.